The van der Waals surface area contributed by atoms with Crippen LogP contribution >= 0.6 is 22.7 Å². The molecular weight excluding hydrogens is 442 g/mol. The molecule has 4 aromatic rings. The first kappa shape index (κ1) is 20.4. The molecule has 2 N–H and O–H groups in total. The van der Waals surface area contributed by atoms with Crippen LogP contribution in [-0.4, -0.2) is 35.5 Å². The van der Waals surface area contributed by atoms with E-state index in [0.717, 1.165) is 11.9 Å². The van der Waals surface area contributed by atoms with E-state index in [1.807, 2.05) is 30.5 Å². The van der Waals surface area contributed by atoms with E-state index in [2.05, 4.69) is 25.6 Å². The lowest BCUT2D eigenvalue weighted by Crippen LogP contribution is -2.14. The van der Waals surface area contributed by atoms with E-state index >= 15 is 0 Å². The minimum atomic E-state index is -3.30. The van der Waals surface area contributed by atoms with Crippen LogP contribution in [0.3, 0.4) is 0 Å². The number of hydrogen-bond donors (Lipinski definition) is 2. The second kappa shape index (κ2) is 8.09. The zero-order valence-electron chi connectivity index (χ0n) is 16.0. The summed E-state index contributed by atoms with van der Waals surface area (Å²) in [4.78, 5) is 25.7. The largest absolute Gasteiger partial charge is 0.316 e. The summed E-state index contributed by atoms with van der Waals surface area (Å²) in [5.74, 6) is 0.450. The number of fused-ring (bicyclic) bond motifs is 1. The molecule has 4 rings (SSSR count). The molecule has 11 heteroatoms. The number of thiazole rings is 2. The third-order valence-electron chi connectivity index (χ3n) is 4.05. The van der Waals surface area contributed by atoms with Crippen molar-refractivity contribution in [2.45, 2.75) is 18.2 Å². The van der Waals surface area contributed by atoms with Gasteiger partial charge in [-0.1, -0.05) is 17.4 Å². The Balaban J connectivity index is 1.42. The molecule has 1 aromatic carbocycles. The fourth-order valence-electron chi connectivity index (χ4n) is 2.68. The standard InChI is InChI=1S/C19H17N5O3S3/c1-11-4-3-5-16(20-11)23-18-21-12(10-28-18)8-17(25)24-19-22-14-7-6-13(30(2,26)27)9-15(14)29-19/h3-7,9-10H,8H2,1-2H3,(H,20,21,23)(H,22,24,25). The summed E-state index contributed by atoms with van der Waals surface area (Å²) in [5.41, 5.74) is 2.16. The topological polar surface area (TPSA) is 114 Å². The van der Waals surface area contributed by atoms with Crippen molar-refractivity contribution in [3.05, 3.63) is 53.2 Å². The number of carbonyl (C=O) groups is 1. The van der Waals surface area contributed by atoms with Gasteiger partial charge in [0.15, 0.2) is 20.1 Å². The summed E-state index contributed by atoms with van der Waals surface area (Å²) in [6.07, 6.45) is 1.26. The van der Waals surface area contributed by atoms with Crippen LogP contribution < -0.4 is 10.6 Å². The number of carbonyl (C=O) groups excluding carboxylic acids is 1. The lowest BCUT2D eigenvalue weighted by Gasteiger charge is -2.02. The Bertz CT molecular complexity index is 1340. The summed E-state index contributed by atoms with van der Waals surface area (Å²) >= 11 is 2.62. The van der Waals surface area contributed by atoms with E-state index in [4.69, 9.17) is 0 Å². The van der Waals surface area contributed by atoms with Gasteiger partial charge in [0.25, 0.3) is 0 Å². The monoisotopic (exact) mass is 459 g/mol. The van der Waals surface area contributed by atoms with Gasteiger partial charge in [-0.15, -0.1) is 11.3 Å². The zero-order valence-corrected chi connectivity index (χ0v) is 18.5. The number of amides is 1. The molecule has 0 atom stereocenters. The summed E-state index contributed by atoms with van der Waals surface area (Å²) in [5, 5.41) is 8.77. The summed E-state index contributed by atoms with van der Waals surface area (Å²) in [6.45, 7) is 1.91. The molecule has 8 nitrogen and oxygen atoms in total. The molecule has 0 bridgehead atoms. The molecule has 0 radical (unpaired) electrons. The molecule has 0 aliphatic carbocycles. The Labute approximate surface area is 181 Å². The number of nitrogens with one attached hydrogen (secondary N) is 2. The molecule has 0 unspecified atom stereocenters. The number of anilines is 3. The second-order valence-electron chi connectivity index (χ2n) is 6.58. The third-order valence-corrected chi connectivity index (χ3v) is 6.90. The van der Waals surface area contributed by atoms with Gasteiger partial charge in [0, 0.05) is 17.3 Å². The number of sulfone groups is 1. The average Bonchev–Trinajstić information content (AvgIpc) is 3.26. The van der Waals surface area contributed by atoms with Crippen LogP contribution in [0.1, 0.15) is 11.4 Å². The number of nitrogens with zero attached hydrogens (tertiary/aromatic N) is 3. The minimum Gasteiger partial charge on any atom is -0.316 e. The molecule has 0 saturated carbocycles. The predicted octanol–water partition coefficient (Wildman–Crippen LogP) is 3.78. The maximum absolute atomic E-state index is 12.4. The molecule has 154 valence electrons. The van der Waals surface area contributed by atoms with Gasteiger partial charge in [-0.2, -0.15) is 0 Å². The van der Waals surface area contributed by atoms with E-state index < -0.39 is 9.84 Å². The normalized spacial score (nSPS) is 11.5. The van der Waals surface area contributed by atoms with Crippen LogP contribution in [-0.2, 0) is 21.1 Å². The first-order valence-corrected chi connectivity index (χ1v) is 12.4. The fraction of sp³-hybridized carbons (Fsp3) is 0.158. The van der Waals surface area contributed by atoms with Crippen LogP contribution in [0.25, 0.3) is 10.2 Å². The molecule has 30 heavy (non-hydrogen) atoms. The molecular formula is C19H17N5O3S3. The number of benzene rings is 1. The van der Waals surface area contributed by atoms with E-state index in [1.165, 1.54) is 28.7 Å². The Hall–Kier alpha value is -2.89. The molecule has 0 fully saturated rings. The van der Waals surface area contributed by atoms with Gasteiger partial charge in [0.05, 0.1) is 27.2 Å². The lowest BCUT2D eigenvalue weighted by molar-refractivity contribution is -0.115. The highest BCUT2D eigenvalue weighted by molar-refractivity contribution is 7.90. The van der Waals surface area contributed by atoms with E-state index in [1.54, 1.807) is 12.1 Å². The van der Waals surface area contributed by atoms with Crippen LogP contribution in [0.15, 0.2) is 46.7 Å². The van der Waals surface area contributed by atoms with Crippen molar-refractivity contribution >= 4 is 64.7 Å². The average molecular weight is 460 g/mol. The molecule has 0 aliphatic rings. The number of aryl methyl sites for hydroxylation is 1. The van der Waals surface area contributed by atoms with Crippen LogP contribution in [0.2, 0.25) is 0 Å². The second-order valence-corrected chi connectivity index (χ2v) is 10.5. The molecule has 0 saturated heterocycles. The zero-order chi connectivity index (χ0) is 21.3. The Kier molecular flexibility index (Phi) is 5.50. The first-order chi connectivity index (χ1) is 14.3. The smallest absolute Gasteiger partial charge is 0.232 e. The van der Waals surface area contributed by atoms with Crippen molar-refractivity contribution in [2.75, 3.05) is 16.9 Å². The fourth-order valence-corrected chi connectivity index (χ4v) is 5.05. The maximum atomic E-state index is 12.4. The highest BCUT2D eigenvalue weighted by atomic mass is 32.2. The molecule has 3 heterocycles. The van der Waals surface area contributed by atoms with E-state index in [-0.39, 0.29) is 17.2 Å². The highest BCUT2D eigenvalue weighted by Crippen LogP contribution is 2.28. The van der Waals surface area contributed by atoms with E-state index in [0.29, 0.717) is 32.0 Å². The maximum Gasteiger partial charge on any atom is 0.232 e. The van der Waals surface area contributed by atoms with Crippen molar-refractivity contribution in [1.29, 1.82) is 0 Å². The number of rotatable bonds is 6. The van der Waals surface area contributed by atoms with E-state index in [9.17, 15) is 13.2 Å². The SMILES string of the molecule is Cc1cccc(Nc2nc(CC(=O)Nc3nc4ccc(S(C)(=O)=O)cc4s3)cs2)n1. The van der Waals surface area contributed by atoms with Crippen molar-refractivity contribution in [3.8, 4) is 0 Å². The van der Waals surface area contributed by atoms with Crippen LogP contribution in [0.5, 0.6) is 0 Å². The number of pyridine rings is 1. The van der Waals surface area contributed by atoms with Gasteiger partial charge in [-0.3, -0.25) is 4.79 Å². The van der Waals surface area contributed by atoms with Crippen molar-refractivity contribution in [3.63, 3.8) is 0 Å². The van der Waals surface area contributed by atoms with Gasteiger partial charge in [0.1, 0.15) is 5.82 Å². The van der Waals surface area contributed by atoms with Crippen LogP contribution in [0.4, 0.5) is 16.1 Å². The van der Waals surface area contributed by atoms with Gasteiger partial charge in [-0.05, 0) is 37.3 Å². The minimum absolute atomic E-state index is 0.101. The quantitative estimate of drug-likeness (QED) is 0.451. The Morgan fingerprint density at radius 2 is 1.93 bits per heavy atom. The van der Waals surface area contributed by atoms with Gasteiger partial charge in [0.2, 0.25) is 5.91 Å². The van der Waals surface area contributed by atoms with Crippen molar-refractivity contribution < 1.29 is 13.2 Å². The first-order valence-electron chi connectivity index (χ1n) is 8.82. The Morgan fingerprint density at radius 3 is 2.70 bits per heavy atom. The number of aromatic nitrogens is 3. The van der Waals surface area contributed by atoms with Gasteiger partial charge in [-0.25, -0.2) is 23.4 Å². The van der Waals surface area contributed by atoms with Crippen molar-refractivity contribution in [2.24, 2.45) is 0 Å². The molecule has 1 amide bonds. The summed E-state index contributed by atoms with van der Waals surface area (Å²) < 4.78 is 24.1. The van der Waals surface area contributed by atoms with Crippen molar-refractivity contribution in [1.82, 2.24) is 15.0 Å². The molecule has 3 aromatic heterocycles. The summed E-state index contributed by atoms with van der Waals surface area (Å²) in [6, 6.07) is 10.4. The Morgan fingerprint density at radius 1 is 1.10 bits per heavy atom. The predicted molar refractivity (Wildman–Crippen MR) is 119 cm³/mol. The lowest BCUT2D eigenvalue weighted by atomic mass is 10.3. The molecule has 0 spiro atoms. The third kappa shape index (κ3) is 4.81. The van der Waals surface area contributed by atoms with Gasteiger partial charge >= 0.3 is 0 Å². The summed E-state index contributed by atoms with van der Waals surface area (Å²) in [7, 11) is -3.30. The van der Waals surface area contributed by atoms with Crippen LogP contribution in [0, 0.1) is 6.92 Å². The highest BCUT2D eigenvalue weighted by Gasteiger charge is 2.13. The number of hydrogen-bond acceptors (Lipinski definition) is 9. The molecule has 0 aliphatic heterocycles. The van der Waals surface area contributed by atoms with Gasteiger partial charge < -0.3 is 10.6 Å².